The Kier molecular flexibility index (Phi) is 3.74. The highest BCUT2D eigenvalue weighted by atomic mass is 19.1. The molecule has 0 aliphatic carbocycles. The molecule has 92 valence electrons. The Hall–Kier alpha value is -1.42. The molecule has 1 aromatic rings. The quantitative estimate of drug-likeness (QED) is 0.783. The van der Waals surface area contributed by atoms with Crippen LogP contribution in [0.1, 0.15) is 34.7 Å². The van der Waals surface area contributed by atoms with E-state index in [4.69, 9.17) is 0 Å². The molecule has 1 aliphatic heterocycles. The molecule has 1 heterocycles. The zero-order valence-corrected chi connectivity index (χ0v) is 9.91. The molecule has 2 rings (SSSR count). The van der Waals surface area contributed by atoms with Crippen molar-refractivity contribution >= 4 is 5.97 Å². The molecule has 0 amide bonds. The van der Waals surface area contributed by atoms with E-state index in [2.05, 4.69) is 10.1 Å². The molecule has 1 fully saturated rings. The molecule has 0 radical (unpaired) electrons. The third-order valence-electron chi connectivity index (χ3n) is 3.31. The molecule has 17 heavy (non-hydrogen) atoms. The number of halogens is 1. The number of hydrogen-bond acceptors (Lipinski definition) is 2. The van der Waals surface area contributed by atoms with Crippen molar-refractivity contribution in [2.75, 3.05) is 20.2 Å². The number of ether oxygens (including phenoxy) is 1. The summed E-state index contributed by atoms with van der Waals surface area (Å²) in [7, 11) is 1.27. The predicted octanol–water partition coefficient (Wildman–Crippen LogP) is 1.05. The smallest absolute Gasteiger partial charge is 0.340 e. The normalized spacial score (nSPS) is 16.8. The van der Waals surface area contributed by atoms with E-state index in [-0.39, 0.29) is 5.56 Å². The highest BCUT2D eigenvalue weighted by molar-refractivity contribution is 5.89. The van der Waals surface area contributed by atoms with E-state index < -0.39 is 11.8 Å². The van der Waals surface area contributed by atoms with E-state index in [1.165, 1.54) is 13.2 Å². The third-order valence-corrected chi connectivity index (χ3v) is 3.31. The van der Waals surface area contributed by atoms with Gasteiger partial charge in [-0.2, -0.15) is 0 Å². The summed E-state index contributed by atoms with van der Waals surface area (Å²) in [4.78, 5) is 11.4. The van der Waals surface area contributed by atoms with Gasteiger partial charge in [0.25, 0.3) is 0 Å². The maximum atomic E-state index is 13.5. The van der Waals surface area contributed by atoms with Gasteiger partial charge >= 0.3 is 5.97 Å². The van der Waals surface area contributed by atoms with E-state index in [1.807, 2.05) is 0 Å². The molecule has 0 aromatic heterocycles. The van der Waals surface area contributed by atoms with Crippen LogP contribution >= 0.6 is 0 Å². The van der Waals surface area contributed by atoms with Crippen LogP contribution in [0.2, 0.25) is 0 Å². The van der Waals surface area contributed by atoms with Crippen LogP contribution in [0, 0.1) is 5.82 Å². The van der Waals surface area contributed by atoms with E-state index in [9.17, 15) is 9.18 Å². The number of benzene rings is 1. The van der Waals surface area contributed by atoms with Crippen molar-refractivity contribution in [1.82, 2.24) is 0 Å². The summed E-state index contributed by atoms with van der Waals surface area (Å²) in [5.41, 5.74) is 1.08. The average Bonchev–Trinajstić information content (AvgIpc) is 2.39. The van der Waals surface area contributed by atoms with Gasteiger partial charge < -0.3 is 10.1 Å². The van der Waals surface area contributed by atoms with Crippen molar-refractivity contribution < 1.29 is 19.2 Å². The lowest BCUT2D eigenvalue weighted by Gasteiger charge is -2.21. The van der Waals surface area contributed by atoms with Gasteiger partial charge in [0.05, 0.1) is 25.8 Å². The lowest BCUT2D eigenvalue weighted by Crippen LogP contribution is -2.86. The van der Waals surface area contributed by atoms with Gasteiger partial charge in [-0.05, 0) is 23.6 Å². The number of hydrogen-bond donors (Lipinski definition) is 1. The molecule has 2 N–H and O–H groups in total. The summed E-state index contributed by atoms with van der Waals surface area (Å²) in [5.74, 6) is -0.682. The lowest BCUT2D eigenvalue weighted by atomic mass is 9.89. The first-order valence-electron chi connectivity index (χ1n) is 5.92. The van der Waals surface area contributed by atoms with Gasteiger partial charge in [0.1, 0.15) is 5.82 Å². The fourth-order valence-electron chi connectivity index (χ4n) is 2.32. The average molecular weight is 238 g/mol. The molecule has 0 atom stereocenters. The van der Waals surface area contributed by atoms with Gasteiger partial charge in [0.2, 0.25) is 0 Å². The number of piperidine rings is 1. The van der Waals surface area contributed by atoms with Crippen LogP contribution in [0.3, 0.4) is 0 Å². The van der Waals surface area contributed by atoms with Crippen molar-refractivity contribution in [3.8, 4) is 0 Å². The summed E-state index contributed by atoms with van der Waals surface area (Å²) < 4.78 is 18.0. The topological polar surface area (TPSA) is 42.9 Å². The number of methoxy groups -OCH3 is 1. The fourth-order valence-corrected chi connectivity index (χ4v) is 2.32. The number of carbonyl (C=O) groups excluding carboxylic acids is 1. The second kappa shape index (κ2) is 5.27. The monoisotopic (exact) mass is 238 g/mol. The molecule has 0 saturated carbocycles. The van der Waals surface area contributed by atoms with E-state index in [0.29, 0.717) is 5.92 Å². The number of esters is 1. The van der Waals surface area contributed by atoms with E-state index >= 15 is 0 Å². The highest BCUT2D eigenvalue weighted by Crippen LogP contribution is 2.25. The summed E-state index contributed by atoms with van der Waals surface area (Å²) >= 11 is 0. The van der Waals surface area contributed by atoms with Crippen LogP contribution in [0.15, 0.2) is 18.2 Å². The second-order valence-corrected chi connectivity index (χ2v) is 4.37. The first kappa shape index (κ1) is 12.0. The molecule has 4 heteroatoms. The summed E-state index contributed by atoms with van der Waals surface area (Å²) in [6.07, 6.45) is 2.15. The first-order chi connectivity index (χ1) is 8.22. The minimum absolute atomic E-state index is 0.0413. The second-order valence-electron chi connectivity index (χ2n) is 4.37. The van der Waals surface area contributed by atoms with Crippen molar-refractivity contribution in [3.05, 3.63) is 35.1 Å². The predicted molar refractivity (Wildman–Crippen MR) is 61.4 cm³/mol. The van der Waals surface area contributed by atoms with Crippen LogP contribution in [-0.4, -0.2) is 26.2 Å². The fraction of sp³-hybridized carbons (Fsp3) is 0.462. The Morgan fingerprint density at radius 3 is 2.76 bits per heavy atom. The maximum absolute atomic E-state index is 13.5. The largest absolute Gasteiger partial charge is 0.465 e. The minimum atomic E-state index is -0.605. The van der Waals surface area contributed by atoms with Gasteiger partial charge in [-0.1, -0.05) is 6.07 Å². The highest BCUT2D eigenvalue weighted by Gasteiger charge is 2.20. The van der Waals surface area contributed by atoms with Gasteiger partial charge in [-0.3, -0.25) is 0 Å². The standard InChI is InChI=1S/C13H16FNO2/c1-17-13(16)11-8-10(2-3-12(11)14)9-4-6-15-7-5-9/h2-3,8-9,15H,4-7H2,1H3/p+1. The molecule has 0 spiro atoms. The van der Waals surface area contributed by atoms with Crippen molar-refractivity contribution in [1.29, 1.82) is 0 Å². The van der Waals surface area contributed by atoms with Crippen LogP contribution in [0.5, 0.6) is 0 Å². The SMILES string of the molecule is COC(=O)c1cc(C2CC[NH2+]CC2)ccc1F. The summed E-state index contributed by atoms with van der Waals surface area (Å²) in [5, 5.41) is 2.28. The molecule has 1 saturated heterocycles. The van der Waals surface area contributed by atoms with Gasteiger partial charge in [0, 0.05) is 12.8 Å². The lowest BCUT2D eigenvalue weighted by molar-refractivity contribution is -0.663. The maximum Gasteiger partial charge on any atom is 0.340 e. The van der Waals surface area contributed by atoms with Gasteiger partial charge in [0.15, 0.2) is 0 Å². The molecule has 1 aliphatic rings. The first-order valence-corrected chi connectivity index (χ1v) is 5.92. The molecule has 0 unspecified atom stereocenters. The Morgan fingerprint density at radius 2 is 2.12 bits per heavy atom. The van der Waals surface area contributed by atoms with Gasteiger partial charge in [-0.15, -0.1) is 0 Å². The molecular weight excluding hydrogens is 221 g/mol. The Bertz CT molecular complexity index is 414. The van der Waals surface area contributed by atoms with Crippen LogP contribution in [0.4, 0.5) is 4.39 Å². The van der Waals surface area contributed by atoms with E-state index in [0.717, 1.165) is 31.5 Å². The Morgan fingerprint density at radius 1 is 1.41 bits per heavy atom. The molecule has 1 aromatic carbocycles. The number of quaternary nitrogens is 1. The minimum Gasteiger partial charge on any atom is -0.465 e. The third kappa shape index (κ3) is 2.64. The van der Waals surface area contributed by atoms with Crippen LogP contribution in [-0.2, 0) is 4.74 Å². The molecular formula is C13H17FNO2+. The number of carbonyl (C=O) groups is 1. The van der Waals surface area contributed by atoms with Crippen molar-refractivity contribution in [2.45, 2.75) is 18.8 Å². The molecule has 0 bridgehead atoms. The number of nitrogens with two attached hydrogens (primary N) is 1. The molecule has 3 nitrogen and oxygen atoms in total. The zero-order chi connectivity index (χ0) is 12.3. The zero-order valence-electron chi connectivity index (χ0n) is 9.91. The van der Waals surface area contributed by atoms with E-state index in [1.54, 1.807) is 12.1 Å². The van der Waals surface area contributed by atoms with Crippen molar-refractivity contribution in [2.24, 2.45) is 0 Å². The van der Waals surface area contributed by atoms with Crippen LogP contribution < -0.4 is 5.32 Å². The van der Waals surface area contributed by atoms with Gasteiger partial charge in [-0.25, -0.2) is 9.18 Å². The summed E-state index contributed by atoms with van der Waals surface area (Å²) in [6, 6.07) is 4.77. The van der Waals surface area contributed by atoms with Crippen LogP contribution in [0.25, 0.3) is 0 Å². The van der Waals surface area contributed by atoms with Crippen molar-refractivity contribution in [3.63, 3.8) is 0 Å². The Balaban J connectivity index is 2.26. The summed E-state index contributed by atoms with van der Waals surface area (Å²) in [6.45, 7) is 2.19. The number of rotatable bonds is 2. The Labute approximate surface area is 100.0 Å².